The minimum Gasteiger partial charge on any atom is -0.314 e. The molecular weight excluding hydrogens is 290 g/mol. The van der Waals surface area contributed by atoms with Crippen LogP contribution in [0.15, 0.2) is 18.2 Å². The van der Waals surface area contributed by atoms with Gasteiger partial charge in [0, 0.05) is 7.05 Å². The van der Waals surface area contributed by atoms with Crippen LogP contribution < -0.4 is 4.90 Å². The maximum absolute atomic E-state index is 11.9. The Morgan fingerprint density at radius 2 is 1.94 bits per heavy atom. The van der Waals surface area contributed by atoms with Gasteiger partial charge in [0.25, 0.3) is 0 Å². The van der Waals surface area contributed by atoms with Gasteiger partial charge in [0.1, 0.15) is 0 Å². The van der Waals surface area contributed by atoms with Crippen molar-refractivity contribution in [3.8, 4) is 0 Å². The number of hydrogen-bond donors (Lipinski definition) is 0. The van der Waals surface area contributed by atoms with Crippen molar-refractivity contribution in [2.45, 2.75) is 39.5 Å². The second kappa shape index (κ2) is 5.87. The molecule has 1 aromatic rings. The highest BCUT2D eigenvalue weighted by atomic mass is 79.9. The molecule has 0 spiro atoms. The Bertz CT molecular complexity index is 435. The number of carbonyl (C=O) groups excluding carboxylic acids is 1. The number of halogens is 1. The normalized spacial score (nSPS) is 11.4. The molecule has 0 atom stereocenters. The molecule has 0 aliphatic heterocycles. The average molecular weight is 312 g/mol. The molecule has 100 valence electrons. The lowest BCUT2D eigenvalue weighted by molar-refractivity contribution is -0.115. The van der Waals surface area contributed by atoms with Gasteiger partial charge in [0.05, 0.1) is 11.0 Å². The smallest absolute Gasteiger partial charge is 0.237 e. The van der Waals surface area contributed by atoms with Gasteiger partial charge in [-0.05, 0) is 23.0 Å². The molecule has 0 heterocycles. The number of hydrogen-bond acceptors (Lipinski definition) is 1. The number of para-hydroxylation sites is 1. The fourth-order valence-corrected chi connectivity index (χ4v) is 2.47. The highest BCUT2D eigenvalue weighted by Gasteiger charge is 2.23. The zero-order valence-electron chi connectivity index (χ0n) is 11.9. The van der Waals surface area contributed by atoms with E-state index in [1.807, 2.05) is 7.05 Å². The predicted octanol–water partition coefficient (Wildman–Crippen LogP) is 3.90. The molecule has 3 heteroatoms. The Morgan fingerprint density at radius 1 is 1.33 bits per heavy atom. The number of nitrogens with zero attached hydrogens (tertiary/aromatic N) is 1. The van der Waals surface area contributed by atoms with E-state index in [9.17, 15) is 4.79 Å². The first kappa shape index (κ1) is 15.2. The minimum absolute atomic E-state index is 0.0291. The molecule has 0 N–H and O–H groups in total. The topological polar surface area (TPSA) is 20.3 Å². The minimum atomic E-state index is 0.0291. The van der Waals surface area contributed by atoms with E-state index < -0.39 is 0 Å². The van der Waals surface area contributed by atoms with Crippen LogP contribution in [0.3, 0.4) is 0 Å². The summed E-state index contributed by atoms with van der Waals surface area (Å²) in [5, 5.41) is 0.352. The third-order valence-electron chi connectivity index (χ3n) is 3.13. The van der Waals surface area contributed by atoms with Crippen LogP contribution in [0.5, 0.6) is 0 Å². The van der Waals surface area contributed by atoms with Gasteiger partial charge in [0.15, 0.2) is 0 Å². The van der Waals surface area contributed by atoms with Crippen LogP contribution in [0.1, 0.15) is 38.8 Å². The lowest BCUT2D eigenvalue weighted by atomic mass is 9.83. The molecule has 0 aromatic heterocycles. The van der Waals surface area contributed by atoms with Gasteiger partial charge >= 0.3 is 0 Å². The van der Waals surface area contributed by atoms with Gasteiger partial charge in [-0.2, -0.15) is 0 Å². The number of carbonyl (C=O) groups is 1. The molecule has 0 saturated carbocycles. The molecule has 0 fully saturated rings. The zero-order valence-corrected chi connectivity index (χ0v) is 13.5. The number of alkyl halides is 1. The van der Waals surface area contributed by atoms with Gasteiger partial charge in [-0.3, -0.25) is 4.79 Å². The summed E-state index contributed by atoms with van der Waals surface area (Å²) in [6.07, 6.45) is 0.930. The van der Waals surface area contributed by atoms with E-state index in [-0.39, 0.29) is 11.3 Å². The second-order valence-corrected chi connectivity index (χ2v) is 6.06. The van der Waals surface area contributed by atoms with Gasteiger partial charge < -0.3 is 4.90 Å². The SMILES string of the molecule is CCc1cccc(C(C)(C)C)c1N(C)C(=O)CBr. The van der Waals surface area contributed by atoms with Crippen molar-refractivity contribution in [3.63, 3.8) is 0 Å². The number of rotatable bonds is 3. The van der Waals surface area contributed by atoms with Crippen LogP contribution in [-0.2, 0) is 16.6 Å². The van der Waals surface area contributed by atoms with Crippen LogP contribution in [-0.4, -0.2) is 18.3 Å². The molecule has 1 rings (SSSR count). The second-order valence-electron chi connectivity index (χ2n) is 5.50. The van der Waals surface area contributed by atoms with E-state index in [0.717, 1.165) is 12.1 Å². The van der Waals surface area contributed by atoms with Crippen molar-refractivity contribution in [2.75, 3.05) is 17.3 Å². The summed E-state index contributed by atoms with van der Waals surface area (Å²) in [4.78, 5) is 13.7. The lowest BCUT2D eigenvalue weighted by Crippen LogP contribution is -2.31. The van der Waals surface area contributed by atoms with Crippen LogP contribution in [0.25, 0.3) is 0 Å². The van der Waals surface area contributed by atoms with Gasteiger partial charge in [0.2, 0.25) is 5.91 Å². The average Bonchev–Trinajstić information content (AvgIpc) is 2.34. The summed E-state index contributed by atoms with van der Waals surface area (Å²) in [5.41, 5.74) is 3.54. The zero-order chi connectivity index (χ0) is 13.9. The van der Waals surface area contributed by atoms with E-state index in [1.54, 1.807) is 4.90 Å². The van der Waals surface area contributed by atoms with Gasteiger partial charge in [-0.15, -0.1) is 0 Å². The van der Waals surface area contributed by atoms with Crippen LogP contribution >= 0.6 is 15.9 Å². The molecule has 0 aliphatic rings. The molecule has 0 aliphatic carbocycles. The standard InChI is InChI=1S/C15H22BrNO/c1-6-11-8-7-9-12(15(2,3)4)14(11)17(5)13(18)10-16/h7-9H,6,10H2,1-5H3. The van der Waals surface area contributed by atoms with E-state index in [2.05, 4.69) is 61.8 Å². The quantitative estimate of drug-likeness (QED) is 0.775. The summed E-state index contributed by atoms with van der Waals surface area (Å²) < 4.78 is 0. The highest BCUT2D eigenvalue weighted by molar-refractivity contribution is 9.09. The van der Waals surface area contributed by atoms with Crippen molar-refractivity contribution >= 4 is 27.5 Å². The molecular formula is C15H22BrNO. The Hall–Kier alpha value is -0.830. The summed E-state index contributed by atoms with van der Waals surface area (Å²) in [6, 6.07) is 6.30. The molecule has 0 saturated heterocycles. The molecule has 1 aromatic carbocycles. The third-order valence-corrected chi connectivity index (χ3v) is 3.61. The van der Waals surface area contributed by atoms with Crippen molar-refractivity contribution in [3.05, 3.63) is 29.3 Å². The number of anilines is 1. The first-order valence-corrected chi connectivity index (χ1v) is 7.40. The predicted molar refractivity (Wildman–Crippen MR) is 81.7 cm³/mol. The summed E-state index contributed by atoms with van der Waals surface area (Å²) >= 11 is 3.24. The van der Waals surface area contributed by atoms with Gasteiger partial charge in [-0.1, -0.05) is 61.8 Å². The monoisotopic (exact) mass is 311 g/mol. The summed E-state index contributed by atoms with van der Waals surface area (Å²) in [7, 11) is 1.85. The first-order chi connectivity index (χ1) is 8.32. The van der Waals surface area contributed by atoms with E-state index in [1.165, 1.54) is 11.1 Å². The molecule has 0 unspecified atom stereocenters. The van der Waals surface area contributed by atoms with Crippen molar-refractivity contribution in [1.29, 1.82) is 0 Å². The van der Waals surface area contributed by atoms with E-state index >= 15 is 0 Å². The molecule has 18 heavy (non-hydrogen) atoms. The van der Waals surface area contributed by atoms with Crippen molar-refractivity contribution in [2.24, 2.45) is 0 Å². The first-order valence-electron chi connectivity index (χ1n) is 6.27. The third kappa shape index (κ3) is 3.14. The largest absolute Gasteiger partial charge is 0.314 e. The Morgan fingerprint density at radius 3 is 2.39 bits per heavy atom. The number of amides is 1. The molecule has 2 nitrogen and oxygen atoms in total. The van der Waals surface area contributed by atoms with Crippen molar-refractivity contribution < 1.29 is 4.79 Å². The van der Waals surface area contributed by atoms with Crippen molar-refractivity contribution in [1.82, 2.24) is 0 Å². The van der Waals surface area contributed by atoms with Crippen LogP contribution in [0, 0.1) is 0 Å². The summed E-state index contributed by atoms with van der Waals surface area (Å²) in [5.74, 6) is 0.0846. The summed E-state index contributed by atoms with van der Waals surface area (Å²) in [6.45, 7) is 8.66. The van der Waals surface area contributed by atoms with Crippen LogP contribution in [0.2, 0.25) is 0 Å². The number of aryl methyl sites for hydroxylation is 1. The highest BCUT2D eigenvalue weighted by Crippen LogP contribution is 2.34. The number of benzene rings is 1. The fourth-order valence-electron chi connectivity index (χ4n) is 2.09. The Kier molecular flexibility index (Phi) is 4.97. The van der Waals surface area contributed by atoms with Gasteiger partial charge in [-0.25, -0.2) is 0 Å². The van der Waals surface area contributed by atoms with E-state index in [4.69, 9.17) is 0 Å². The molecule has 1 amide bonds. The Balaban J connectivity index is 3.42. The van der Waals surface area contributed by atoms with E-state index in [0.29, 0.717) is 5.33 Å². The lowest BCUT2D eigenvalue weighted by Gasteiger charge is -2.29. The van der Waals surface area contributed by atoms with Crippen LogP contribution in [0.4, 0.5) is 5.69 Å². The fraction of sp³-hybridized carbons (Fsp3) is 0.533. The molecule has 0 bridgehead atoms. The Labute approximate surface area is 119 Å². The maximum atomic E-state index is 11.9. The molecule has 0 radical (unpaired) electrons. The maximum Gasteiger partial charge on any atom is 0.237 e.